The number of hydrogen-bond acceptors (Lipinski definition) is 2. The summed E-state index contributed by atoms with van der Waals surface area (Å²) in [7, 11) is 0. The predicted octanol–water partition coefficient (Wildman–Crippen LogP) is 2.82. The number of piperidine rings is 2. The van der Waals surface area contributed by atoms with E-state index < -0.39 is 0 Å². The average molecular weight is 249 g/mol. The normalized spacial score (nSPS) is 52.7. The molecule has 0 aromatic heterocycles. The van der Waals surface area contributed by atoms with Crippen LogP contribution in [0.2, 0.25) is 0 Å². The van der Waals surface area contributed by atoms with E-state index in [1.165, 1.54) is 32.2 Å². The van der Waals surface area contributed by atoms with E-state index in [2.05, 4.69) is 25.7 Å². The molecule has 3 aliphatic rings. The molecule has 0 bridgehead atoms. The molecule has 2 nitrogen and oxygen atoms in total. The van der Waals surface area contributed by atoms with Crippen LogP contribution in [0, 0.1) is 35.5 Å². The minimum absolute atomic E-state index is 0.334. The topological polar surface area (TPSA) is 20.3 Å². The van der Waals surface area contributed by atoms with Crippen LogP contribution in [0.25, 0.3) is 0 Å². The lowest BCUT2D eigenvalue weighted by Gasteiger charge is -2.51. The Balaban J connectivity index is 1.80. The average Bonchev–Trinajstić information content (AvgIpc) is 2.67. The zero-order valence-electron chi connectivity index (χ0n) is 12.0. The Labute approximate surface area is 111 Å². The van der Waals surface area contributed by atoms with Crippen molar-refractivity contribution in [3.63, 3.8) is 0 Å². The van der Waals surface area contributed by atoms with Gasteiger partial charge < -0.3 is 4.79 Å². The highest BCUT2D eigenvalue weighted by atomic mass is 16.1. The third kappa shape index (κ3) is 1.84. The SMILES string of the molecule is C[C@H]1CC[C@@H]2[C@@H](C)[C@@H]3C[C@H](C=O)[C@@H](C)[C@@H]3CN2C1. The van der Waals surface area contributed by atoms with Gasteiger partial charge in [0, 0.05) is 25.0 Å². The van der Waals surface area contributed by atoms with E-state index in [1.807, 2.05) is 0 Å². The van der Waals surface area contributed by atoms with Gasteiger partial charge in [-0.1, -0.05) is 20.8 Å². The van der Waals surface area contributed by atoms with Crippen LogP contribution >= 0.6 is 0 Å². The van der Waals surface area contributed by atoms with E-state index in [1.54, 1.807) is 0 Å². The molecule has 18 heavy (non-hydrogen) atoms. The first-order valence-electron chi connectivity index (χ1n) is 7.81. The molecule has 3 rings (SSSR count). The van der Waals surface area contributed by atoms with Crippen LogP contribution < -0.4 is 0 Å². The monoisotopic (exact) mass is 249 g/mol. The first-order chi connectivity index (χ1) is 8.61. The maximum absolute atomic E-state index is 11.2. The molecule has 0 amide bonds. The standard InChI is InChI=1S/C16H27NO/c1-10-4-5-16-12(3)14-6-13(9-18)11(2)15(14)8-17(16)7-10/h9-16H,4-8H2,1-3H3/t10-,11+,12-,13+,14-,15-,16+/m0/s1. The fourth-order valence-electron chi connectivity index (χ4n) is 5.12. The zero-order valence-corrected chi connectivity index (χ0v) is 12.0. The first-order valence-corrected chi connectivity index (χ1v) is 7.81. The third-order valence-electron chi connectivity index (χ3n) is 6.32. The number of carbonyl (C=O) groups excluding carboxylic acids is 1. The maximum Gasteiger partial charge on any atom is 0.123 e. The molecule has 102 valence electrons. The number of fused-ring (bicyclic) bond motifs is 2. The highest BCUT2D eigenvalue weighted by Crippen LogP contribution is 2.50. The second-order valence-corrected chi connectivity index (χ2v) is 7.29. The van der Waals surface area contributed by atoms with Crippen LogP contribution in [0.15, 0.2) is 0 Å². The predicted molar refractivity (Wildman–Crippen MR) is 73.2 cm³/mol. The van der Waals surface area contributed by atoms with Gasteiger partial charge in [0.1, 0.15) is 6.29 Å². The molecule has 0 aromatic carbocycles. The minimum atomic E-state index is 0.334. The lowest BCUT2D eigenvalue weighted by Crippen LogP contribution is -2.55. The van der Waals surface area contributed by atoms with Gasteiger partial charge in [-0.05, 0) is 48.9 Å². The van der Waals surface area contributed by atoms with Crippen LogP contribution in [0.5, 0.6) is 0 Å². The molecule has 7 atom stereocenters. The smallest absolute Gasteiger partial charge is 0.123 e. The highest BCUT2D eigenvalue weighted by molar-refractivity contribution is 5.55. The molecule has 0 radical (unpaired) electrons. The van der Waals surface area contributed by atoms with E-state index in [9.17, 15) is 4.79 Å². The van der Waals surface area contributed by atoms with Crippen LogP contribution in [0.3, 0.4) is 0 Å². The lowest BCUT2D eigenvalue weighted by molar-refractivity contribution is -0.112. The Morgan fingerprint density at radius 1 is 1.00 bits per heavy atom. The summed E-state index contributed by atoms with van der Waals surface area (Å²) in [6.07, 6.45) is 5.18. The van der Waals surface area contributed by atoms with E-state index in [0.717, 1.165) is 36.1 Å². The maximum atomic E-state index is 11.2. The van der Waals surface area contributed by atoms with Gasteiger partial charge in [0.15, 0.2) is 0 Å². The second kappa shape index (κ2) is 4.63. The molecule has 1 saturated carbocycles. The minimum Gasteiger partial charge on any atom is -0.303 e. The van der Waals surface area contributed by atoms with Crippen molar-refractivity contribution >= 4 is 6.29 Å². The molecule has 1 aliphatic carbocycles. The number of carbonyl (C=O) groups is 1. The van der Waals surface area contributed by atoms with Crippen molar-refractivity contribution in [2.45, 2.75) is 46.1 Å². The van der Waals surface area contributed by atoms with Crippen molar-refractivity contribution in [2.75, 3.05) is 13.1 Å². The van der Waals surface area contributed by atoms with Gasteiger partial charge in [0.2, 0.25) is 0 Å². The van der Waals surface area contributed by atoms with Crippen molar-refractivity contribution in [1.82, 2.24) is 4.90 Å². The van der Waals surface area contributed by atoms with Gasteiger partial charge in [-0.25, -0.2) is 0 Å². The van der Waals surface area contributed by atoms with Crippen LogP contribution in [-0.4, -0.2) is 30.3 Å². The molecule has 2 heterocycles. The third-order valence-corrected chi connectivity index (χ3v) is 6.32. The van der Waals surface area contributed by atoms with Gasteiger partial charge in [0.05, 0.1) is 0 Å². The van der Waals surface area contributed by atoms with Crippen molar-refractivity contribution in [3.8, 4) is 0 Å². The van der Waals surface area contributed by atoms with Crippen LogP contribution in [-0.2, 0) is 4.79 Å². The number of aldehydes is 1. The van der Waals surface area contributed by atoms with Gasteiger partial charge in [0.25, 0.3) is 0 Å². The van der Waals surface area contributed by atoms with Crippen molar-refractivity contribution < 1.29 is 4.79 Å². The summed E-state index contributed by atoms with van der Waals surface area (Å²) >= 11 is 0. The molecule has 3 fully saturated rings. The summed E-state index contributed by atoms with van der Waals surface area (Å²) in [6.45, 7) is 9.69. The van der Waals surface area contributed by atoms with E-state index >= 15 is 0 Å². The molecular formula is C16H27NO. The summed E-state index contributed by atoms with van der Waals surface area (Å²) in [4.78, 5) is 14.0. The molecule has 0 N–H and O–H groups in total. The van der Waals surface area contributed by atoms with Crippen molar-refractivity contribution in [3.05, 3.63) is 0 Å². The summed E-state index contributed by atoms with van der Waals surface area (Å²) in [5, 5.41) is 0. The highest BCUT2D eigenvalue weighted by Gasteiger charge is 2.50. The summed E-state index contributed by atoms with van der Waals surface area (Å²) in [5.74, 6) is 4.18. The van der Waals surface area contributed by atoms with E-state index in [0.29, 0.717) is 11.8 Å². The second-order valence-electron chi connectivity index (χ2n) is 7.29. The molecule has 0 spiro atoms. The molecule has 2 heteroatoms. The molecule has 0 aromatic rings. The largest absolute Gasteiger partial charge is 0.303 e. The van der Waals surface area contributed by atoms with Gasteiger partial charge in [-0.2, -0.15) is 0 Å². The molecule has 2 saturated heterocycles. The Morgan fingerprint density at radius 2 is 1.78 bits per heavy atom. The van der Waals surface area contributed by atoms with Crippen molar-refractivity contribution in [2.24, 2.45) is 35.5 Å². The molecule has 0 unspecified atom stereocenters. The zero-order chi connectivity index (χ0) is 12.9. The molecular weight excluding hydrogens is 222 g/mol. The Hall–Kier alpha value is -0.370. The number of nitrogens with zero attached hydrogens (tertiary/aromatic N) is 1. The fraction of sp³-hybridized carbons (Fsp3) is 0.938. The summed E-state index contributed by atoms with van der Waals surface area (Å²) in [6, 6.07) is 0.806. The van der Waals surface area contributed by atoms with Crippen LogP contribution in [0.4, 0.5) is 0 Å². The van der Waals surface area contributed by atoms with Crippen LogP contribution in [0.1, 0.15) is 40.0 Å². The lowest BCUT2D eigenvalue weighted by atomic mass is 9.71. The van der Waals surface area contributed by atoms with Gasteiger partial charge >= 0.3 is 0 Å². The number of rotatable bonds is 1. The van der Waals surface area contributed by atoms with Gasteiger partial charge in [-0.3, -0.25) is 4.90 Å². The first kappa shape index (κ1) is 12.7. The summed E-state index contributed by atoms with van der Waals surface area (Å²) in [5.41, 5.74) is 0. The number of hydrogen-bond donors (Lipinski definition) is 0. The summed E-state index contributed by atoms with van der Waals surface area (Å²) < 4.78 is 0. The molecule has 2 aliphatic heterocycles. The van der Waals surface area contributed by atoms with Gasteiger partial charge in [-0.15, -0.1) is 0 Å². The Kier molecular flexibility index (Phi) is 3.25. The van der Waals surface area contributed by atoms with E-state index in [4.69, 9.17) is 0 Å². The van der Waals surface area contributed by atoms with Crippen molar-refractivity contribution in [1.29, 1.82) is 0 Å². The fourth-order valence-corrected chi connectivity index (χ4v) is 5.12. The Morgan fingerprint density at radius 3 is 2.50 bits per heavy atom. The Bertz CT molecular complexity index is 329. The quantitative estimate of drug-likeness (QED) is 0.666. The van der Waals surface area contributed by atoms with E-state index in [-0.39, 0.29) is 0 Å².